The smallest absolute Gasteiger partial charge is 0.142 e. The van der Waals surface area contributed by atoms with Crippen LogP contribution in [0.4, 0.5) is 0 Å². The molecule has 106 valence electrons. The van der Waals surface area contributed by atoms with Crippen molar-refractivity contribution in [1.29, 1.82) is 0 Å². The molecule has 3 nitrogen and oxygen atoms in total. The minimum Gasteiger partial charge on any atom is -0.495 e. The fourth-order valence-electron chi connectivity index (χ4n) is 2.06. The van der Waals surface area contributed by atoms with Gasteiger partial charge in [0.2, 0.25) is 0 Å². The molecule has 20 heavy (non-hydrogen) atoms. The van der Waals surface area contributed by atoms with E-state index in [1.165, 1.54) is 0 Å². The average Bonchev–Trinajstić information content (AvgIpc) is 2.47. The number of halogens is 1. The Morgan fingerprint density at radius 3 is 2.20 bits per heavy atom. The van der Waals surface area contributed by atoms with Crippen LogP contribution in [0.25, 0.3) is 0 Å². The van der Waals surface area contributed by atoms with E-state index in [0.29, 0.717) is 21.5 Å². The number of aryl methyl sites for hydroxylation is 1. The van der Waals surface area contributed by atoms with Gasteiger partial charge >= 0.3 is 0 Å². The summed E-state index contributed by atoms with van der Waals surface area (Å²) in [6, 6.07) is 11.4. The molecule has 1 unspecified atom stereocenters. The third-order valence-electron chi connectivity index (χ3n) is 3.20. The summed E-state index contributed by atoms with van der Waals surface area (Å²) < 4.78 is 11.3. The van der Waals surface area contributed by atoms with E-state index in [4.69, 9.17) is 9.47 Å². The lowest BCUT2D eigenvalue weighted by molar-refractivity contribution is 0.214. The standard InChI is InChI=1S/C16H17BrO3/c1-10-4-6-11(7-5-10)15(18)12-8-9-13(19-2)14(17)16(12)20-3/h4-9,15,18H,1-3H3. The maximum absolute atomic E-state index is 10.5. The molecule has 0 aromatic heterocycles. The molecule has 2 aromatic rings. The quantitative estimate of drug-likeness (QED) is 0.921. The molecule has 0 aliphatic heterocycles. The van der Waals surface area contributed by atoms with Gasteiger partial charge in [-0.15, -0.1) is 0 Å². The number of ether oxygens (including phenoxy) is 2. The molecule has 4 heteroatoms. The molecular weight excluding hydrogens is 320 g/mol. The molecular formula is C16H17BrO3. The summed E-state index contributed by atoms with van der Waals surface area (Å²) in [6.45, 7) is 2.01. The van der Waals surface area contributed by atoms with Gasteiger partial charge in [0.15, 0.2) is 0 Å². The van der Waals surface area contributed by atoms with Crippen molar-refractivity contribution >= 4 is 15.9 Å². The number of hydrogen-bond acceptors (Lipinski definition) is 3. The van der Waals surface area contributed by atoms with E-state index >= 15 is 0 Å². The third-order valence-corrected chi connectivity index (χ3v) is 3.95. The molecule has 0 aliphatic rings. The summed E-state index contributed by atoms with van der Waals surface area (Å²) in [5.74, 6) is 1.25. The monoisotopic (exact) mass is 336 g/mol. The van der Waals surface area contributed by atoms with Crippen LogP contribution < -0.4 is 9.47 Å². The number of rotatable bonds is 4. The zero-order chi connectivity index (χ0) is 14.7. The van der Waals surface area contributed by atoms with E-state index in [2.05, 4.69) is 15.9 Å². The molecule has 0 saturated heterocycles. The van der Waals surface area contributed by atoms with Crippen LogP contribution in [0.15, 0.2) is 40.9 Å². The van der Waals surface area contributed by atoms with E-state index in [0.717, 1.165) is 11.1 Å². The predicted molar refractivity (Wildman–Crippen MR) is 82.5 cm³/mol. The molecule has 0 amide bonds. The van der Waals surface area contributed by atoms with E-state index in [1.54, 1.807) is 20.3 Å². The zero-order valence-electron chi connectivity index (χ0n) is 11.7. The largest absolute Gasteiger partial charge is 0.495 e. The Hall–Kier alpha value is -1.52. The molecule has 0 spiro atoms. The summed E-state index contributed by atoms with van der Waals surface area (Å²) in [4.78, 5) is 0. The molecule has 0 fully saturated rings. The highest BCUT2D eigenvalue weighted by Gasteiger charge is 2.19. The first-order valence-corrected chi connectivity index (χ1v) is 7.02. The number of methoxy groups -OCH3 is 2. The highest BCUT2D eigenvalue weighted by atomic mass is 79.9. The van der Waals surface area contributed by atoms with Gasteiger partial charge in [-0.25, -0.2) is 0 Å². The van der Waals surface area contributed by atoms with Gasteiger partial charge in [0.25, 0.3) is 0 Å². The highest BCUT2D eigenvalue weighted by Crippen LogP contribution is 2.41. The van der Waals surface area contributed by atoms with Crippen molar-refractivity contribution < 1.29 is 14.6 Å². The topological polar surface area (TPSA) is 38.7 Å². The van der Waals surface area contributed by atoms with Crippen molar-refractivity contribution in [3.63, 3.8) is 0 Å². The Labute approximate surface area is 127 Å². The van der Waals surface area contributed by atoms with Gasteiger partial charge in [0.1, 0.15) is 22.1 Å². The van der Waals surface area contributed by atoms with Crippen LogP contribution in [0, 0.1) is 6.92 Å². The molecule has 0 heterocycles. The van der Waals surface area contributed by atoms with Crippen molar-refractivity contribution in [2.24, 2.45) is 0 Å². The van der Waals surface area contributed by atoms with Gasteiger partial charge in [-0.05, 0) is 40.5 Å². The van der Waals surface area contributed by atoms with Gasteiger partial charge in [0, 0.05) is 5.56 Å². The molecule has 0 aliphatic carbocycles. The minimum atomic E-state index is -0.743. The van der Waals surface area contributed by atoms with Crippen LogP contribution in [-0.2, 0) is 0 Å². The van der Waals surface area contributed by atoms with Crippen LogP contribution >= 0.6 is 15.9 Å². The van der Waals surface area contributed by atoms with Crippen LogP contribution in [0.2, 0.25) is 0 Å². The SMILES string of the molecule is COc1ccc(C(O)c2ccc(C)cc2)c(OC)c1Br. The molecule has 2 rings (SSSR count). The summed E-state index contributed by atoms with van der Waals surface area (Å²) in [5.41, 5.74) is 2.68. The zero-order valence-corrected chi connectivity index (χ0v) is 13.3. The molecule has 0 bridgehead atoms. The highest BCUT2D eigenvalue weighted by molar-refractivity contribution is 9.10. The summed E-state index contributed by atoms with van der Waals surface area (Å²) in [6.07, 6.45) is -0.743. The van der Waals surface area contributed by atoms with E-state index in [9.17, 15) is 5.11 Å². The maximum atomic E-state index is 10.5. The van der Waals surface area contributed by atoms with Crippen molar-refractivity contribution in [2.75, 3.05) is 14.2 Å². The maximum Gasteiger partial charge on any atom is 0.142 e. The first kappa shape index (κ1) is 14.9. The number of hydrogen-bond donors (Lipinski definition) is 1. The lowest BCUT2D eigenvalue weighted by Crippen LogP contribution is -2.03. The second-order valence-electron chi connectivity index (χ2n) is 4.52. The van der Waals surface area contributed by atoms with Gasteiger partial charge in [-0.1, -0.05) is 29.8 Å². The molecule has 2 aromatic carbocycles. The first-order chi connectivity index (χ1) is 9.58. The molecule has 1 atom stereocenters. The number of benzene rings is 2. The van der Waals surface area contributed by atoms with Crippen molar-refractivity contribution in [1.82, 2.24) is 0 Å². The van der Waals surface area contributed by atoms with E-state index < -0.39 is 6.10 Å². The van der Waals surface area contributed by atoms with Gasteiger partial charge in [0.05, 0.1) is 14.2 Å². The van der Waals surface area contributed by atoms with E-state index in [1.807, 2.05) is 37.3 Å². The Kier molecular flexibility index (Phi) is 4.68. The van der Waals surface area contributed by atoms with Crippen LogP contribution in [0.3, 0.4) is 0 Å². The summed E-state index contributed by atoms with van der Waals surface area (Å²) in [5, 5.41) is 10.5. The fourth-order valence-corrected chi connectivity index (χ4v) is 2.75. The van der Waals surface area contributed by atoms with Crippen LogP contribution in [-0.4, -0.2) is 19.3 Å². The average molecular weight is 337 g/mol. The van der Waals surface area contributed by atoms with Gasteiger partial charge in [-0.2, -0.15) is 0 Å². The van der Waals surface area contributed by atoms with Crippen molar-refractivity contribution in [2.45, 2.75) is 13.0 Å². The van der Waals surface area contributed by atoms with E-state index in [-0.39, 0.29) is 0 Å². The Morgan fingerprint density at radius 2 is 1.65 bits per heavy atom. The minimum absolute atomic E-state index is 0.581. The first-order valence-electron chi connectivity index (χ1n) is 6.23. The second-order valence-corrected chi connectivity index (χ2v) is 5.31. The fraction of sp³-hybridized carbons (Fsp3) is 0.250. The predicted octanol–water partition coefficient (Wildman–Crippen LogP) is 3.86. The normalized spacial score (nSPS) is 12.1. The third kappa shape index (κ3) is 2.81. The lowest BCUT2D eigenvalue weighted by Gasteiger charge is -2.18. The molecule has 0 radical (unpaired) electrons. The van der Waals surface area contributed by atoms with Crippen LogP contribution in [0.5, 0.6) is 11.5 Å². The molecule has 0 saturated carbocycles. The Bertz CT molecular complexity index is 593. The summed E-state index contributed by atoms with van der Waals surface area (Å²) >= 11 is 3.44. The Balaban J connectivity index is 2.46. The lowest BCUT2D eigenvalue weighted by atomic mass is 9.99. The van der Waals surface area contributed by atoms with Crippen LogP contribution in [0.1, 0.15) is 22.8 Å². The second kappa shape index (κ2) is 6.29. The molecule has 1 N–H and O–H groups in total. The van der Waals surface area contributed by atoms with Crippen molar-refractivity contribution in [3.8, 4) is 11.5 Å². The Morgan fingerprint density at radius 1 is 1.00 bits per heavy atom. The van der Waals surface area contributed by atoms with Crippen molar-refractivity contribution in [3.05, 3.63) is 57.6 Å². The van der Waals surface area contributed by atoms with Gasteiger partial charge in [-0.3, -0.25) is 0 Å². The van der Waals surface area contributed by atoms with Gasteiger partial charge < -0.3 is 14.6 Å². The number of aliphatic hydroxyl groups is 1. The number of aliphatic hydroxyl groups excluding tert-OH is 1. The summed E-state index contributed by atoms with van der Waals surface area (Å²) in [7, 11) is 3.17.